The first-order valence-electron chi connectivity index (χ1n) is 5.66. The molecule has 0 N–H and O–H groups in total. The molecule has 1 fully saturated rings. The third-order valence-corrected chi connectivity index (χ3v) is 3.92. The van der Waals surface area contributed by atoms with Crippen molar-refractivity contribution in [2.75, 3.05) is 0 Å². The molecule has 0 radical (unpaired) electrons. The van der Waals surface area contributed by atoms with Crippen molar-refractivity contribution >= 4 is 25.7 Å². The SMILES string of the molecule is CC(C)OC(=O)c1cc(S(=O)(=O)Cl)cn1C1CC1. The van der Waals surface area contributed by atoms with E-state index in [1.165, 1.54) is 12.3 Å². The van der Waals surface area contributed by atoms with Gasteiger partial charge in [0.2, 0.25) is 0 Å². The Labute approximate surface area is 110 Å². The summed E-state index contributed by atoms with van der Waals surface area (Å²) in [6, 6.07) is 1.44. The second-order valence-corrected chi connectivity index (χ2v) is 7.16. The second kappa shape index (κ2) is 4.59. The monoisotopic (exact) mass is 291 g/mol. The lowest BCUT2D eigenvalue weighted by Gasteiger charge is -2.09. The van der Waals surface area contributed by atoms with Crippen molar-refractivity contribution in [1.29, 1.82) is 0 Å². The number of carbonyl (C=O) groups excluding carboxylic acids is 1. The first-order valence-corrected chi connectivity index (χ1v) is 7.97. The van der Waals surface area contributed by atoms with Crippen molar-refractivity contribution in [2.24, 2.45) is 0 Å². The van der Waals surface area contributed by atoms with Gasteiger partial charge in [-0.2, -0.15) is 0 Å². The van der Waals surface area contributed by atoms with Crippen LogP contribution in [0.15, 0.2) is 17.2 Å². The summed E-state index contributed by atoms with van der Waals surface area (Å²) in [5.74, 6) is -0.525. The van der Waals surface area contributed by atoms with Gasteiger partial charge in [0, 0.05) is 22.9 Å². The Hall–Kier alpha value is -1.01. The zero-order chi connectivity index (χ0) is 13.5. The zero-order valence-corrected chi connectivity index (χ0v) is 11.7. The highest BCUT2D eigenvalue weighted by Crippen LogP contribution is 2.37. The highest BCUT2D eigenvalue weighted by Gasteiger charge is 2.30. The molecule has 2 rings (SSSR count). The lowest BCUT2D eigenvalue weighted by atomic mass is 10.4. The number of carbonyl (C=O) groups is 1. The van der Waals surface area contributed by atoms with E-state index in [2.05, 4.69) is 0 Å². The smallest absolute Gasteiger partial charge is 0.355 e. The minimum absolute atomic E-state index is 0.0632. The van der Waals surface area contributed by atoms with Gasteiger partial charge < -0.3 is 9.30 Å². The Morgan fingerprint density at radius 2 is 2.11 bits per heavy atom. The molecule has 0 aliphatic heterocycles. The van der Waals surface area contributed by atoms with E-state index < -0.39 is 15.0 Å². The number of rotatable bonds is 4. The van der Waals surface area contributed by atoms with E-state index in [4.69, 9.17) is 15.4 Å². The first-order chi connectivity index (χ1) is 8.29. The van der Waals surface area contributed by atoms with E-state index in [-0.39, 0.29) is 22.7 Å². The zero-order valence-electron chi connectivity index (χ0n) is 10.1. The van der Waals surface area contributed by atoms with E-state index >= 15 is 0 Å². The van der Waals surface area contributed by atoms with Crippen LogP contribution in [0.25, 0.3) is 0 Å². The summed E-state index contributed by atoms with van der Waals surface area (Å²) >= 11 is 0. The molecule has 0 amide bonds. The van der Waals surface area contributed by atoms with Crippen molar-refractivity contribution in [3.8, 4) is 0 Å². The van der Waals surface area contributed by atoms with Crippen LogP contribution >= 0.6 is 10.7 Å². The van der Waals surface area contributed by atoms with Crippen molar-refractivity contribution in [2.45, 2.75) is 43.7 Å². The van der Waals surface area contributed by atoms with Gasteiger partial charge >= 0.3 is 5.97 Å². The highest BCUT2D eigenvalue weighted by molar-refractivity contribution is 8.13. The van der Waals surface area contributed by atoms with Gasteiger partial charge in [-0.05, 0) is 32.8 Å². The molecule has 5 nitrogen and oxygen atoms in total. The van der Waals surface area contributed by atoms with Crippen molar-refractivity contribution < 1.29 is 17.9 Å². The molecular weight excluding hydrogens is 278 g/mol. The van der Waals surface area contributed by atoms with Crippen molar-refractivity contribution in [3.63, 3.8) is 0 Å². The Morgan fingerprint density at radius 1 is 1.50 bits per heavy atom. The normalized spacial score (nSPS) is 16.0. The molecule has 0 bridgehead atoms. The van der Waals surface area contributed by atoms with Crippen LogP contribution in [0.5, 0.6) is 0 Å². The van der Waals surface area contributed by atoms with Crippen LogP contribution < -0.4 is 0 Å². The predicted octanol–water partition coefficient (Wildman–Crippen LogP) is 2.32. The summed E-state index contributed by atoms with van der Waals surface area (Å²) in [6.07, 6.45) is 3.00. The van der Waals surface area contributed by atoms with Gasteiger partial charge in [-0.25, -0.2) is 13.2 Å². The fraction of sp³-hybridized carbons (Fsp3) is 0.545. The summed E-state index contributed by atoms with van der Waals surface area (Å²) in [6.45, 7) is 3.48. The lowest BCUT2D eigenvalue weighted by molar-refractivity contribution is 0.0365. The molecule has 100 valence electrons. The molecule has 1 aromatic rings. The highest BCUT2D eigenvalue weighted by atomic mass is 35.7. The number of halogens is 1. The van der Waals surface area contributed by atoms with E-state index in [0.29, 0.717) is 0 Å². The van der Waals surface area contributed by atoms with Gasteiger partial charge in [0.1, 0.15) is 10.6 Å². The van der Waals surface area contributed by atoms with E-state index in [0.717, 1.165) is 12.8 Å². The minimum Gasteiger partial charge on any atom is -0.458 e. The number of ether oxygens (including phenoxy) is 1. The Bertz CT molecular complexity index is 572. The molecule has 18 heavy (non-hydrogen) atoms. The van der Waals surface area contributed by atoms with E-state index in [1.54, 1.807) is 18.4 Å². The fourth-order valence-corrected chi connectivity index (χ4v) is 2.43. The quantitative estimate of drug-likeness (QED) is 0.631. The van der Waals surface area contributed by atoms with Crippen LogP contribution in [0.1, 0.15) is 43.2 Å². The van der Waals surface area contributed by atoms with Gasteiger partial charge in [0.25, 0.3) is 9.05 Å². The average Bonchev–Trinajstić information content (AvgIpc) is 2.94. The topological polar surface area (TPSA) is 65.4 Å². The molecule has 0 saturated heterocycles. The van der Waals surface area contributed by atoms with Crippen molar-refractivity contribution in [3.05, 3.63) is 18.0 Å². The standard InChI is InChI=1S/C11H14ClNO4S/c1-7(2)17-11(14)10-5-9(18(12,15)16)6-13(10)8-3-4-8/h5-8H,3-4H2,1-2H3. The second-order valence-electron chi connectivity index (χ2n) is 4.59. The molecule has 0 spiro atoms. The largest absolute Gasteiger partial charge is 0.458 e. The van der Waals surface area contributed by atoms with Gasteiger partial charge in [-0.1, -0.05) is 0 Å². The molecule has 1 aliphatic rings. The molecule has 0 aromatic carbocycles. The summed E-state index contributed by atoms with van der Waals surface area (Å²) in [4.78, 5) is 11.8. The summed E-state index contributed by atoms with van der Waals surface area (Å²) in [7, 11) is 1.46. The molecule has 1 aromatic heterocycles. The maximum atomic E-state index is 11.9. The summed E-state index contributed by atoms with van der Waals surface area (Å²) in [5, 5.41) is 0. The molecule has 0 atom stereocenters. The van der Waals surface area contributed by atoms with Crippen LogP contribution in [0.2, 0.25) is 0 Å². The number of hydrogen-bond donors (Lipinski definition) is 0. The molecule has 1 saturated carbocycles. The predicted molar refractivity (Wildman–Crippen MR) is 66.3 cm³/mol. The van der Waals surface area contributed by atoms with Crippen molar-refractivity contribution in [1.82, 2.24) is 4.57 Å². The fourth-order valence-electron chi connectivity index (χ4n) is 1.68. The van der Waals surface area contributed by atoms with Crippen LogP contribution in [-0.4, -0.2) is 25.1 Å². The Balaban J connectivity index is 2.39. The van der Waals surface area contributed by atoms with Crippen LogP contribution in [-0.2, 0) is 13.8 Å². The number of hydrogen-bond acceptors (Lipinski definition) is 4. The summed E-state index contributed by atoms with van der Waals surface area (Å²) < 4.78 is 29.3. The molecule has 1 aliphatic carbocycles. The summed E-state index contributed by atoms with van der Waals surface area (Å²) in [5.41, 5.74) is 0.241. The number of aromatic nitrogens is 1. The third kappa shape index (κ3) is 2.87. The molecule has 7 heteroatoms. The maximum Gasteiger partial charge on any atom is 0.355 e. The Morgan fingerprint density at radius 3 is 2.56 bits per heavy atom. The molecular formula is C11H14ClNO4S. The van der Waals surface area contributed by atoms with Gasteiger partial charge in [0.05, 0.1) is 6.10 Å². The maximum absolute atomic E-state index is 11.9. The van der Waals surface area contributed by atoms with E-state index in [9.17, 15) is 13.2 Å². The van der Waals surface area contributed by atoms with Gasteiger partial charge in [0.15, 0.2) is 0 Å². The number of nitrogens with zero attached hydrogens (tertiary/aromatic N) is 1. The average molecular weight is 292 g/mol. The third-order valence-electron chi connectivity index (χ3n) is 2.60. The molecule has 1 heterocycles. The Kier molecular flexibility index (Phi) is 3.42. The molecule has 0 unspecified atom stereocenters. The minimum atomic E-state index is -3.83. The van der Waals surface area contributed by atoms with Crippen LogP contribution in [0.3, 0.4) is 0 Å². The van der Waals surface area contributed by atoms with Crippen LogP contribution in [0, 0.1) is 0 Å². The van der Waals surface area contributed by atoms with Crippen LogP contribution in [0.4, 0.5) is 0 Å². The number of esters is 1. The lowest BCUT2D eigenvalue weighted by Crippen LogP contribution is -2.15. The van der Waals surface area contributed by atoms with Gasteiger partial charge in [-0.3, -0.25) is 0 Å². The van der Waals surface area contributed by atoms with E-state index in [1.807, 2.05) is 0 Å². The van der Waals surface area contributed by atoms with Gasteiger partial charge in [-0.15, -0.1) is 0 Å². The first kappa shape index (κ1) is 13.4.